The molecule has 1 rings (SSSR count). The molecule has 20 heavy (non-hydrogen) atoms. The predicted octanol–water partition coefficient (Wildman–Crippen LogP) is 1.28. The molecule has 0 aliphatic carbocycles. The molecule has 6 nitrogen and oxygen atoms in total. The summed E-state index contributed by atoms with van der Waals surface area (Å²) in [4.78, 5) is 23.2. The van der Waals surface area contributed by atoms with Crippen molar-refractivity contribution in [1.29, 1.82) is 0 Å². The van der Waals surface area contributed by atoms with E-state index in [9.17, 15) is 9.59 Å². The zero-order chi connectivity index (χ0) is 15.0. The highest BCUT2D eigenvalue weighted by Crippen LogP contribution is 2.22. The second-order valence-corrected chi connectivity index (χ2v) is 4.39. The molecule has 1 aromatic rings. The Balaban J connectivity index is 2.25. The molecule has 0 saturated carbocycles. The Hall–Kier alpha value is -1.79. The first-order chi connectivity index (χ1) is 9.50. The second-order valence-electron chi connectivity index (χ2n) is 3.98. The van der Waals surface area contributed by atoms with Crippen molar-refractivity contribution in [3.05, 3.63) is 29.3 Å². The number of para-hydroxylation sites is 1. The van der Waals surface area contributed by atoms with E-state index in [1.54, 1.807) is 31.3 Å². The van der Waals surface area contributed by atoms with Gasteiger partial charge in [0.15, 0.2) is 0 Å². The smallest absolute Gasteiger partial charge is 0.329 e. The molecule has 0 unspecified atom stereocenters. The molecule has 0 atom stereocenters. The quantitative estimate of drug-likeness (QED) is 0.783. The van der Waals surface area contributed by atoms with Crippen LogP contribution in [0.15, 0.2) is 24.3 Å². The number of carboxylic acid groups (broad SMARTS) is 1. The van der Waals surface area contributed by atoms with Gasteiger partial charge >= 0.3 is 5.97 Å². The Bertz CT molecular complexity index is 466. The van der Waals surface area contributed by atoms with Crippen LogP contribution in [-0.4, -0.2) is 55.3 Å². The van der Waals surface area contributed by atoms with Crippen LogP contribution in [0.3, 0.4) is 0 Å². The molecular formula is C13H16ClNO5. The number of hydrogen-bond acceptors (Lipinski definition) is 4. The number of halogens is 1. The largest absolute Gasteiger partial charge is 0.490 e. The van der Waals surface area contributed by atoms with E-state index in [4.69, 9.17) is 26.2 Å². The average molecular weight is 302 g/mol. The van der Waals surface area contributed by atoms with Crippen molar-refractivity contribution in [2.75, 3.05) is 33.4 Å². The molecule has 1 aromatic carbocycles. The van der Waals surface area contributed by atoms with E-state index in [0.29, 0.717) is 17.3 Å². The highest BCUT2D eigenvalue weighted by atomic mass is 35.5. The fraction of sp³-hybridized carbons (Fsp3) is 0.385. The van der Waals surface area contributed by atoms with Gasteiger partial charge in [0.25, 0.3) is 0 Å². The maximum Gasteiger partial charge on any atom is 0.329 e. The Morgan fingerprint density at radius 3 is 2.65 bits per heavy atom. The van der Waals surface area contributed by atoms with Crippen LogP contribution in [0.5, 0.6) is 5.75 Å². The van der Waals surface area contributed by atoms with Gasteiger partial charge in [-0.25, -0.2) is 4.79 Å². The first-order valence-electron chi connectivity index (χ1n) is 5.91. The maximum atomic E-state index is 11.6. The minimum Gasteiger partial charge on any atom is -0.490 e. The lowest BCUT2D eigenvalue weighted by Gasteiger charge is -2.17. The van der Waals surface area contributed by atoms with Crippen molar-refractivity contribution in [1.82, 2.24) is 4.90 Å². The zero-order valence-corrected chi connectivity index (χ0v) is 11.8. The van der Waals surface area contributed by atoms with Gasteiger partial charge in [0.1, 0.15) is 25.6 Å². The number of likely N-dealkylation sites (N-methyl/N-ethyl adjacent to an activating group) is 1. The molecule has 0 spiro atoms. The number of carbonyl (C=O) groups excluding carboxylic acids is 1. The summed E-state index contributed by atoms with van der Waals surface area (Å²) < 4.78 is 10.1. The third-order valence-corrected chi connectivity index (χ3v) is 2.71. The molecule has 0 aliphatic rings. The van der Waals surface area contributed by atoms with Crippen LogP contribution in [0, 0.1) is 0 Å². The number of carbonyl (C=O) groups is 2. The number of rotatable bonds is 8. The van der Waals surface area contributed by atoms with Crippen LogP contribution in [0.2, 0.25) is 5.02 Å². The summed E-state index contributed by atoms with van der Waals surface area (Å²) in [5, 5.41) is 8.88. The number of amides is 1. The van der Waals surface area contributed by atoms with Gasteiger partial charge in [-0.05, 0) is 12.1 Å². The number of benzene rings is 1. The van der Waals surface area contributed by atoms with Crippen molar-refractivity contribution in [3.63, 3.8) is 0 Å². The summed E-state index contributed by atoms with van der Waals surface area (Å²) in [5.74, 6) is -0.867. The van der Waals surface area contributed by atoms with Gasteiger partial charge in [0.2, 0.25) is 5.91 Å². The van der Waals surface area contributed by atoms with E-state index in [1.807, 2.05) is 0 Å². The van der Waals surface area contributed by atoms with Crippen LogP contribution in [0.25, 0.3) is 0 Å². The third-order valence-electron chi connectivity index (χ3n) is 2.40. The Morgan fingerprint density at radius 2 is 2.00 bits per heavy atom. The summed E-state index contributed by atoms with van der Waals surface area (Å²) in [5.41, 5.74) is 0. The van der Waals surface area contributed by atoms with Crippen LogP contribution in [0.4, 0.5) is 0 Å². The van der Waals surface area contributed by atoms with Crippen LogP contribution < -0.4 is 4.74 Å². The van der Waals surface area contributed by atoms with Crippen molar-refractivity contribution in [2.45, 2.75) is 0 Å². The van der Waals surface area contributed by atoms with Crippen molar-refractivity contribution in [2.24, 2.45) is 0 Å². The van der Waals surface area contributed by atoms with E-state index in [-0.39, 0.29) is 19.1 Å². The molecule has 0 radical (unpaired) electrons. The Labute approximate surface area is 121 Å². The molecule has 0 aromatic heterocycles. The maximum absolute atomic E-state index is 11.6. The van der Waals surface area contributed by atoms with Crippen LogP contribution in [0.1, 0.15) is 0 Å². The lowest BCUT2D eigenvalue weighted by molar-refractivity contribution is -0.145. The minimum absolute atomic E-state index is 0.269. The summed E-state index contributed by atoms with van der Waals surface area (Å²) in [6, 6.07) is 7.05. The molecule has 0 aliphatic heterocycles. The van der Waals surface area contributed by atoms with E-state index in [0.717, 1.165) is 0 Å². The SMILES string of the molecule is CN(CCOc1ccccc1Cl)C(=O)COCC(=O)O. The first kappa shape index (κ1) is 16.3. The normalized spacial score (nSPS) is 10.1. The lowest BCUT2D eigenvalue weighted by Crippen LogP contribution is -2.34. The van der Waals surface area contributed by atoms with Gasteiger partial charge in [0.05, 0.1) is 11.6 Å². The topological polar surface area (TPSA) is 76.1 Å². The fourth-order valence-corrected chi connectivity index (χ4v) is 1.51. The summed E-state index contributed by atoms with van der Waals surface area (Å²) in [6.45, 7) is -0.129. The molecule has 1 amide bonds. The van der Waals surface area contributed by atoms with E-state index >= 15 is 0 Å². The average Bonchev–Trinajstić information content (AvgIpc) is 2.40. The zero-order valence-electron chi connectivity index (χ0n) is 11.0. The molecule has 0 bridgehead atoms. The minimum atomic E-state index is -1.11. The monoisotopic (exact) mass is 301 g/mol. The summed E-state index contributed by atoms with van der Waals surface area (Å²) in [7, 11) is 1.59. The first-order valence-corrected chi connectivity index (χ1v) is 6.29. The molecule has 7 heteroatoms. The third kappa shape index (κ3) is 5.90. The number of aliphatic carboxylic acids is 1. The van der Waals surface area contributed by atoms with Gasteiger partial charge in [-0.15, -0.1) is 0 Å². The van der Waals surface area contributed by atoms with Gasteiger partial charge in [-0.3, -0.25) is 4.79 Å². The van der Waals surface area contributed by atoms with Gasteiger partial charge in [-0.1, -0.05) is 23.7 Å². The molecule has 0 saturated heterocycles. The highest BCUT2D eigenvalue weighted by molar-refractivity contribution is 6.32. The lowest BCUT2D eigenvalue weighted by atomic mass is 10.3. The molecule has 0 heterocycles. The number of ether oxygens (including phenoxy) is 2. The van der Waals surface area contributed by atoms with Crippen molar-refractivity contribution in [3.8, 4) is 5.75 Å². The standard InChI is InChI=1S/C13H16ClNO5/c1-15(12(16)8-19-9-13(17)18)6-7-20-11-5-3-2-4-10(11)14/h2-5H,6-9H2,1H3,(H,17,18). The Kier molecular flexibility index (Phi) is 6.83. The van der Waals surface area contributed by atoms with Gasteiger partial charge < -0.3 is 19.5 Å². The number of hydrogen-bond donors (Lipinski definition) is 1. The van der Waals surface area contributed by atoms with E-state index in [1.165, 1.54) is 4.90 Å². The predicted molar refractivity (Wildman–Crippen MR) is 73.0 cm³/mol. The fourth-order valence-electron chi connectivity index (χ4n) is 1.31. The Morgan fingerprint density at radius 1 is 1.30 bits per heavy atom. The second kappa shape index (κ2) is 8.39. The molecule has 1 N–H and O–H groups in total. The molecule has 0 fully saturated rings. The molecule has 110 valence electrons. The number of nitrogens with zero attached hydrogens (tertiary/aromatic N) is 1. The molecular weight excluding hydrogens is 286 g/mol. The number of carboxylic acids is 1. The van der Waals surface area contributed by atoms with E-state index < -0.39 is 12.6 Å². The van der Waals surface area contributed by atoms with Crippen molar-refractivity contribution < 1.29 is 24.2 Å². The van der Waals surface area contributed by atoms with Gasteiger partial charge in [0, 0.05) is 7.05 Å². The van der Waals surface area contributed by atoms with Crippen molar-refractivity contribution >= 4 is 23.5 Å². The van der Waals surface area contributed by atoms with Crippen LogP contribution in [-0.2, 0) is 14.3 Å². The van der Waals surface area contributed by atoms with Gasteiger partial charge in [-0.2, -0.15) is 0 Å². The van der Waals surface area contributed by atoms with E-state index in [2.05, 4.69) is 0 Å². The highest BCUT2D eigenvalue weighted by Gasteiger charge is 2.10. The van der Waals surface area contributed by atoms with Crippen LogP contribution >= 0.6 is 11.6 Å². The summed E-state index contributed by atoms with van der Waals surface area (Å²) in [6.07, 6.45) is 0. The summed E-state index contributed by atoms with van der Waals surface area (Å²) >= 11 is 5.92.